The third-order valence-electron chi connectivity index (χ3n) is 2.76. The summed E-state index contributed by atoms with van der Waals surface area (Å²) < 4.78 is 10.8. The molecule has 0 amide bonds. The van der Waals surface area contributed by atoms with Gasteiger partial charge in [-0.15, -0.1) is 0 Å². The first-order valence-electron chi connectivity index (χ1n) is 6.63. The minimum absolute atomic E-state index is 0.280. The highest BCUT2D eigenvalue weighted by atomic mass is 16.5. The molecular weight excluding hydrogens is 226 g/mol. The van der Waals surface area contributed by atoms with Crippen molar-refractivity contribution in [1.82, 2.24) is 5.32 Å². The molecule has 0 saturated carbocycles. The molecule has 0 aliphatic carbocycles. The Morgan fingerprint density at radius 2 is 1.83 bits per heavy atom. The maximum absolute atomic E-state index is 5.69. The Balaban J connectivity index is 2.52. The van der Waals surface area contributed by atoms with Gasteiger partial charge in [-0.25, -0.2) is 0 Å². The number of likely N-dealkylation sites (N-methyl/N-ethyl adjacent to an activating group) is 1. The van der Waals surface area contributed by atoms with Crippen molar-refractivity contribution >= 4 is 0 Å². The van der Waals surface area contributed by atoms with Crippen LogP contribution in [0.15, 0.2) is 24.3 Å². The molecule has 0 heterocycles. The SMILES string of the molecule is CCNC(COC(C)C)Cc1ccc(OC)cc1. The second-order valence-corrected chi connectivity index (χ2v) is 4.69. The summed E-state index contributed by atoms with van der Waals surface area (Å²) in [6, 6.07) is 8.59. The lowest BCUT2D eigenvalue weighted by Crippen LogP contribution is -2.36. The number of methoxy groups -OCH3 is 1. The molecule has 1 aromatic rings. The van der Waals surface area contributed by atoms with Gasteiger partial charge in [0.2, 0.25) is 0 Å². The lowest BCUT2D eigenvalue weighted by molar-refractivity contribution is 0.0616. The molecule has 0 aromatic heterocycles. The maximum atomic E-state index is 5.69. The number of ether oxygens (including phenoxy) is 2. The van der Waals surface area contributed by atoms with E-state index in [0.29, 0.717) is 6.04 Å². The maximum Gasteiger partial charge on any atom is 0.118 e. The predicted octanol–water partition coefficient (Wildman–Crippen LogP) is 2.64. The van der Waals surface area contributed by atoms with E-state index < -0.39 is 0 Å². The first-order valence-corrected chi connectivity index (χ1v) is 6.63. The number of hydrogen-bond donors (Lipinski definition) is 1. The Morgan fingerprint density at radius 3 is 2.33 bits per heavy atom. The molecule has 0 radical (unpaired) electrons. The van der Waals surface area contributed by atoms with Gasteiger partial charge >= 0.3 is 0 Å². The standard InChI is InChI=1S/C15H25NO2/c1-5-16-14(11-18-12(2)3)10-13-6-8-15(17-4)9-7-13/h6-9,12,14,16H,5,10-11H2,1-4H3. The number of nitrogens with one attached hydrogen (secondary N) is 1. The summed E-state index contributed by atoms with van der Waals surface area (Å²) in [6.45, 7) is 7.96. The molecule has 102 valence electrons. The van der Waals surface area contributed by atoms with Crippen LogP contribution < -0.4 is 10.1 Å². The second-order valence-electron chi connectivity index (χ2n) is 4.69. The zero-order chi connectivity index (χ0) is 13.4. The molecule has 18 heavy (non-hydrogen) atoms. The van der Waals surface area contributed by atoms with Crippen molar-refractivity contribution in [3.63, 3.8) is 0 Å². The van der Waals surface area contributed by atoms with Crippen LogP contribution in [0.2, 0.25) is 0 Å². The molecule has 1 unspecified atom stereocenters. The van der Waals surface area contributed by atoms with Crippen molar-refractivity contribution in [3.8, 4) is 5.75 Å². The molecule has 0 bridgehead atoms. The van der Waals surface area contributed by atoms with Crippen LogP contribution in [0.3, 0.4) is 0 Å². The van der Waals surface area contributed by atoms with E-state index in [9.17, 15) is 0 Å². The summed E-state index contributed by atoms with van der Waals surface area (Å²) in [4.78, 5) is 0. The van der Waals surface area contributed by atoms with Crippen molar-refractivity contribution in [3.05, 3.63) is 29.8 Å². The first-order chi connectivity index (χ1) is 8.65. The Kier molecular flexibility index (Phi) is 6.76. The molecule has 1 aromatic carbocycles. The molecule has 1 atom stereocenters. The van der Waals surface area contributed by atoms with Crippen LogP contribution in [0.5, 0.6) is 5.75 Å². The topological polar surface area (TPSA) is 30.5 Å². The van der Waals surface area contributed by atoms with Crippen LogP contribution >= 0.6 is 0 Å². The van der Waals surface area contributed by atoms with E-state index in [0.717, 1.165) is 25.3 Å². The van der Waals surface area contributed by atoms with Gasteiger partial charge in [-0.05, 0) is 44.5 Å². The summed E-state index contributed by atoms with van der Waals surface area (Å²) in [5.74, 6) is 0.900. The van der Waals surface area contributed by atoms with Gasteiger partial charge in [0.1, 0.15) is 5.75 Å². The zero-order valence-corrected chi connectivity index (χ0v) is 11.9. The largest absolute Gasteiger partial charge is 0.497 e. The molecule has 0 aliphatic rings. The quantitative estimate of drug-likeness (QED) is 0.770. The van der Waals surface area contributed by atoms with Crippen LogP contribution in [0, 0.1) is 0 Å². The molecule has 3 nitrogen and oxygen atoms in total. The average molecular weight is 251 g/mol. The predicted molar refractivity (Wildman–Crippen MR) is 75.3 cm³/mol. The minimum atomic E-state index is 0.280. The summed E-state index contributed by atoms with van der Waals surface area (Å²) in [5.41, 5.74) is 1.30. The first kappa shape index (κ1) is 15.0. The van der Waals surface area contributed by atoms with Crippen LogP contribution in [0.4, 0.5) is 0 Å². The molecule has 0 saturated heterocycles. The number of rotatable bonds is 8. The van der Waals surface area contributed by atoms with E-state index in [-0.39, 0.29) is 6.10 Å². The molecule has 3 heteroatoms. The molecule has 1 rings (SSSR count). The summed E-state index contributed by atoms with van der Waals surface area (Å²) >= 11 is 0. The highest BCUT2D eigenvalue weighted by Gasteiger charge is 2.09. The number of hydrogen-bond acceptors (Lipinski definition) is 3. The lowest BCUT2D eigenvalue weighted by Gasteiger charge is -2.19. The minimum Gasteiger partial charge on any atom is -0.497 e. The molecule has 0 aliphatic heterocycles. The Morgan fingerprint density at radius 1 is 1.17 bits per heavy atom. The second kappa shape index (κ2) is 8.11. The van der Waals surface area contributed by atoms with Crippen LogP contribution in [-0.4, -0.2) is 32.4 Å². The third-order valence-corrected chi connectivity index (χ3v) is 2.76. The lowest BCUT2D eigenvalue weighted by atomic mass is 10.1. The van der Waals surface area contributed by atoms with Gasteiger partial charge in [-0.2, -0.15) is 0 Å². The Bertz CT molecular complexity index is 322. The van der Waals surface area contributed by atoms with Crippen molar-refractivity contribution in [2.75, 3.05) is 20.3 Å². The van der Waals surface area contributed by atoms with E-state index >= 15 is 0 Å². The van der Waals surface area contributed by atoms with Crippen LogP contribution in [0.1, 0.15) is 26.3 Å². The van der Waals surface area contributed by atoms with Crippen molar-refractivity contribution in [2.45, 2.75) is 39.3 Å². The van der Waals surface area contributed by atoms with E-state index in [1.54, 1.807) is 7.11 Å². The summed E-state index contributed by atoms with van der Waals surface area (Å²) in [6.07, 6.45) is 1.26. The van der Waals surface area contributed by atoms with Crippen molar-refractivity contribution in [2.24, 2.45) is 0 Å². The molecule has 0 fully saturated rings. The Labute approximate surface area is 110 Å². The normalized spacial score (nSPS) is 12.7. The van der Waals surface area contributed by atoms with Gasteiger partial charge < -0.3 is 14.8 Å². The van der Waals surface area contributed by atoms with E-state index in [1.807, 2.05) is 12.1 Å². The zero-order valence-electron chi connectivity index (χ0n) is 11.9. The van der Waals surface area contributed by atoms with Gasteiger partial charge in [-0.3, -0.25) is 0 Å². The van der Waals surface area contributed by atoms with Crippen molar-refractivity contribution < 1.29 is 9.47 Å². The highest BCUT2D eigenvalue weighted by Crippen LogP contribution is 2.13. The van der Waals surface area contributed by atoms with Gasteiger partial charge in [0.25, 0.3) is 0 Å². The third kappa shape index (κ3) is 5.52. The van der Waals surface area contributed by atoms with Gasteiger partial charge in [0.15, 0.2) is 0 Å². The fourth-order valence-electron chi connectivity index (χ4n) is 1.83. The smallest absolute Gasteiger partial charge is 0.118 e. The summed E-state index contributed by atoms with van der Waals surface area (Å²) in [7, 11) is 1.69. The number of benzene rings is 1. The molecular formula is C15H25NO2. The fourth-order valence-corrected chi connectivity index (χ4v) is 1.83. The van der Waals surface area contributed by atoms with Gasteiger partial charge in [-0.1, -0.05) is 19.1 Å². The molecule has 1 N–H and O–H groups in total. The van der Waals surface area contributed by atoms with Crippen LogP contribution in [0.25, 0.3) is 0 Å². The van der Waals surface area contributed by atoms with Gasteiger partial charge in [0.05, 0.1) is 19.8 Å². The van der Waals surface area contributed by atoms with Crippen molar-refractivity contribution in [1.29, 1.82) is 0 Å². The van der Waals surface area contributed by atoms with Crippen LogP contribution in [-0.2, 0) is 11.2 Å². The Hall–Kier alpha value is -1.06. The van der Waals surface area contributed by atoms with Gasteiger partial charge in [0, 0.05) is 6.04 Å². The van der Waals surface area contributed by atoms with E-state index in [4.69, 9.17) is 9.47 Å². The summed E-state index contributed by atoms with van der Waals surface area (Å²) in [5, 5.41) is 3.46. The van der Waals surface area contributed by atoms with E-state index in [1.165, 1.54) is 5.56 Å². The highest BCUT2D eigenvalue weighted by molar-refractivity contribution is 5.27. The fraction of sp³-hybridized carbons (Fsp3) is 0.600. The van der Waals surface area contributed by atoms with E-state index in [2.05, 4.69) is 38.2 Å². The monoisotopic (exact) mass is 251 g/mol. The average Bonchev–Trinajstić information content (AvgIpc) is 2.37. The molecule has 0 spiro atoms.